The molecule has 0 radical (unpaired) electrons. The first kappa shape index (κ1) is 13.6. The molecule has 1 N–H and O–H groups in total. The molecule has 1 saturated heterocycles. The quantitative estimate of drug-likeness (QED) is 0.927. The molecule has 4 heteroatoms. The molecule has 3 unspecified atom stereocenters. The molecule has 3 atom stereocenters. The van der Waals surface area contributed by atoms with Gasteiger partial charge < -0.3 is 14.6 Å². The van der Waals surface area contributed by atoms with Crippen LogP contribution in [0.4, 0.5) is 0 Å². The van der Waals surface area contributed by atoms with Crippen LogP contribution in [0.5, 0.6) is 0 Å². The average Bonchev–Trinajstić information content (AvgIpc) is 3.01. The molecule has 2 heterocycles. The van der Waals surface area contributed by atoms with Crippen molar-refractivity contribution in [1.82, 2.24) is 14.9 Å². The maximum absolute atomic E-state index is 5.71. The van der Waals surface area contributed by atoms with Crippen LogP contribution >= 0.6 is 0 Å². The third kappa shape index (κ3) is 2.45. The summed E-state index contributed by atoms with van der Waals surface area (Å²) < 4.78 is 7.92. The van der Waals surface area contributed by atoms with Gasteiger partial charge in [-0.2, -0.15) is 0 Å². The minimum absolute atomic E-state index is 0.385. The molecule has 1 aliphatic rings. The first-order valence-corrected chi connectivity index (χ1v) is 7.38. The van der Waals surface area contributed by atoms with Crippen molar-refractivity contribution in [2.45, 2.75) is 31.9 Å². The summed E-state index contributed by atoms with van der Waals surface area (Å²) in [6.45, 7) is 3.01. The van der Waals surface area contributed by atoms with Crippen LogP contribution in [0.2, 0.25) is 0 Å². The van der Waals surface area contributed by atoms with Crippen LogP contribution in [0, 0.1) is 5.92 Å². The van der Waals surface area contributed by atoms with Crippen molar-refractivity contribution in [3.63, 3.8) is 0 Å². The highest BCUT2D eigenvalue weighted by atomic mass is 16.5. The van der Waals surface area contributed by atoms with E-state index in [9.17, 15) is 0 Å². The largest absolute Gasteiger partial charge is 0.378 e. The molecule has 3 rings (SSSR count). The number of para-hydroxylation sites is 2. The van der Waals surface area contributed by atoms with Gasteiger partial charge in [-0.15, -0.1) is 0 Å². The summed E-state index contributed by atoms with van der Waals surface area (Å²) in [7, 11) is 4.14. The Labute approximate surface area is 120 Å². The molecule has 0 amide bonds. The number of nitrogens with one attached hydrogen (secondary N) is 1. The van der Waals surface area contributed by atoms with Gasteiger partial charge in [-0.3, -0.25) is 0 Å². The maximum atomic E-state index is 5.71. The minimum Gasteiger partial charge on any atom is -0.378 e. The number of ether oxygens (including phenoxy) is 1. The Bertz CT molecular complexity index is 592. The molecule has 0 bridgehead atoms. The van der Waals surface area contributed by atoms with E-state index in [1.807, 2.05) is 13.1 Å². The topological polar surface area (TPSA) is 39.1 Å². The molecular formula is C16H23N3O. The molecule has 1 aromatic heterocycles. The molecular weight excluding hydrogens is 250 g/mol. The zero-order chi connectivity index (χ0) is 14.1. The Morgan fingerprint density at radius 1 is 1.45 bits per heavy atom. The highest BCUT2D eigenvalue weighted by Gasteiger charge is 2.29. The lowest BCUT2D eigenvalue weighted by molar-refractivity contribution is 0.117. The van der Waals surface area contributed by atoms with Crippen LogP contribution in [0.1, 0.15) is 19.2 Å². The molecule has 1 aliphatic heterocycles. The molecule has 1 aromatic carbocycles. The molecule has 0 aliphatic carbocycles. The first-order valence-electron chi connectivity index (χ1n) is 7.38. The SMILES string of the molecule is CNC(Cc1nc2ccccc2n1C)C1COC(C)C1. The van der Waals surface area contributed by atoms with Crippen molar-refractivity contribution in [3.8, 4) is 0 Å². The number of hydrogen-bond donors (Lipinski definition) is 1. The Morgan fingerprint density at radius 3 is 2.90 bits per heavy atom. The fraction of sp³-hybridized carbons (Fsp3) is 0.562. The van der Waals surface area contributed by atoms with Gasteiger partial charge in [0, 0.05) is 25.4 Å². The van der Waals surface area contributed by atoms with Crippen LogP contribution in [-0.2, 0) is 18.2 Å². The van der Waals surface area contributed by atoms with E-state index in [1.165, 1.54) is 5.52 Å². The molecule has 4 nitrogen and oxygen atoms in total. The number of nitrogens with zero attached hydrogens (tertiary/aromatic N) is 2. The predicted molar refractivity (Wildman–Crippen MR) is 80.8 cm³/mol. The van der Waals surface area contributed by atoms with Gasteiger partial charge in [-0.05, 0) is 32.5 Å². The predicted octanol–water partition coefficient (Wildman–Crippen LogP) is 2.13. The summed E-state index contributed by atoms with van der Waals surface area (Å²) in [4.78, 5) is 4.77. The first-order chi connectivity index (χ1) is 9.69. The van der Waals surface area contributed by atoms with Gasteiger partial charge in [0.1, 0.15) is 5.82 Å². The van der Waals surface area contributed by atoms with Crippen LogP contribution in [0.25, 0.3) is 11.0 Å². The van der Waals surface area contributed by atoms with Crippen LogP contribution in [0.15, 0.2) is 24.3 Å². The van der Waals surface area contributed by atoms with Crippen molar-refractivity contribution in [3.05, 3.63) is 30.1 Å². The van der Waals surface area contributed by atoms with E-state index in [0.29, 0.717) is 18.1 Å². The van der Waals surface area contributed by atoms with Crippen LogP contribution in [-0.4, -0.2) is 35.4 Å². The number of fused-ring (bicyclic) bond motifs is 1. The summed E-state index contributed by atoms with van der Waals surface area (Å²) in [5.41, 5.74) is 2.28. The van der Waals surface area contributed by atoms with Crippen molar-refractivity contribution < 1.29 is 4.74 Å². The number of aryl methyl sites for hydroxylation is 1. The van der Waals surface area contributed by atoms with Crippen LogP contribution < -0.4 is 5.32 Å². The highest BCUT2D eigenvalue weighted by molar-refractivity contribution is 5.75. The summed E-state index contributed by atoms with van der Waals surface area (Å²) in [5, 5.41) is 3.45. The number of imidazole rings is 1. The highest BCUT2D eigenvalue weighted by Crippen LogP contribution is 2.25. The Kier molecular flexibility index (Phi) is 3.76. The lowest BCUT2D eigenvalue weighted by Crippen LogP contribution is -2.36. The zero-order valence-corrected chi connectivity index (χ0v) is 12.5. The zero-order valence-electron chi connectivity index (χ0n) is 12.5. The summed E-state index contributed by atoms with van der Waals surface area (Å²) in [6.07, 6.45) is 2.47. The fourth-order valence-corrected chi connectivity index (χ4v) is 3.21. The average molecular weight is 273 g/mol. The minimum atomic E-state index is 0.385. The number of hydrogen-bond acceptors (Lipinski definition) is 3. The van der Waals surface area contributed by atoms with E-state index in [2.05, 4.69) is 42.1 Å². The second-order valence-corrected chi connectivity index (χ2v) is 5.81. The standard InChI is InChI=1S/C16H23N3O/c1-11-8-12(10-20-11)14(17-2)9-16-18-13-6-4-5-7-15(13)19(16)3/h4-7,11-12,14,17H,8-10H2,1-3H3. The number of rotatable bonds is 4. The van der Waals surface area contributed by atoms with E-state index in [0.717, 1.165) is 30.8 Å². The normalized spacial score (nSPS) is 24.4. The van der Waals surface area contributed by atoms with Crippen LogP contribution in [0.3, 0.4) is 0 Å². The fourth-order valence-electron chi connectivity index (χ4n) is 3.21. The second kappa shape index (κ2) is 5.54. The van der Waals surface area contributed by atoms with Crippen molar-refractivity contribution >= 4 is 11.0 Å². The third-order valence-corrected chi connectivity index (χ3v) is 4.45. The Morgan fingerprint density at radius 2 is 2.25 bits per heavy atom. The van der Waals surface area contributed by atoms with Crippen molar-refractivity contribution in [2.75, 3.05) is 13.7 Å². The van der Waals surface area contributed by atoms with Gasteiger partial charge in [-0.25, -0.2) is 4.98 Å². The van der Waals surface area contributed by atoms with Gasteiger partial charge in [0.2, 0.25) is 0 Å². The molecule has 1 fully saturated rings. The molecule has 108 valence electrons. The van der Waals surface area contributed by atoms with E-state index in [1.54, 1.807) is 0 Å². The third-order valence-electron chi connectivity index (χ3n) is 4.45. The second-order valence-electron chi connectivity index (χ2n) is 5.81. The van der Waals surface area contributed by atoms with Crippen molar-refractivity contribution in [1.29, 1.82) is 0 Å². The van der Waals surface area contributed by atoms with E-state index >= 15 is 0 Å². The van der Waals surface area contributed by atoms with Gasteiger partial charge >= 0.3 is 0 Å². The summed E-state index contributed by atoms with van der Waals surface area (Å²) in [6, 6.07) is 8.74. The lowest BCUT2D eigenvalue weighted by atomic mass is 9.94. The molecule has 2 aromatic rings. The Hall–Kier alpha value is -1.39. The molecule has 0 saturated carbocycles. The molecule has 0 spiro atoms. The lowest BCUT2D eigenvalue weighted by Gasteiger charge is -2.21. The Balaban J connectivity index is 1.82. The van der Waals surface area contributed by atoms with Gasteiger partial charge in [0.25, 0.3) is 0 Å². The summed E-state index contributed by atoms with van der Waals surface area (Å²) >= 11 is 0. The smallest absolute Gasteiger partial charge is 0.111 e. The monoisotopic (exact) mass is 273 g/mol. The van der Waals surface area contributed by atoms with E-state index in [4.69, 9.17) is 9.72 Å². The summed E-state index contributed by atoms with van der Waals surface area (Å²) in [5.74, 6) is 1.72. The number of likely N-dealkylation sites (N-methyl/N-ethyl adjacent to an activating group) is 1. The molecule has 20 heavy (non-hydrogen) atoms. The number of benzene rings is 1. The van der Waals surface area contributed by atoms with Gasteiger partial charge in [0.05, 0.1) is 23.7 Å². The number of aromatic nitrogens is 2. The van der Waals surface area contributed by atoms with Crippen molar-refractivity contribution in [2.24, 2.45) is 13.0 Å². The van der Waals surface area contributed by atoms with Gasteiger partial charge in [0.15, 0.2) is 0 Å². The maximum Gasteiger partial charge on any atom is 0.111 e. The van der Waals surface area contributed by atoms with Gasteiger partial charge in [-0.1, -0.05) is 12.1 Å². The van der Waals surface area contributed by atoms with E-state index < -0.39 is 0 Å². The van der Waals surface area contributed by atoms with E-state index in [-0.39, 0.29) is 0 Å².